The summed E-state index contributed by atoms with van der Waals surface area (Å²) in [6.45, 7) is 1.22. The number of nitrogens with zero attached hydrogens (tertiary/aromatic N) is 2. The van der Waals surface area contributed by atoms with Gasteiger partial charge in [-0.2, -0.15) is 0 Å². The fourth-order valence-corrected chi connectivity index (χ4v) is 3.24. The minimum Gasteiger partial charge on any atom is -0.494 e. The molecule has 0 spiro atoms. The quantitative estimate of drug-likeness (QED) is 0.536. The number of hydrogen-bond acceptors (Lipinski definition) is 2. The molecule has 0 aliphatic carbocycles. The fraction of sp³-hybridized carbons (Fsp3) is 0.211. The Labute approximate surface area is 156 Å². The van der Waals surface area contributed by atoms with E-state index in [0.29, 0.717) is 22.4 Å². The first kappa shape index (κ1) is 17.8. The fourth-order valence-electron chi connectivity index (χ4n) is 2.68. The predicted octanol–water partition coefficient (Wildman–Crippen LogP) is 5.58. The van der Waals surface area contributed by atoms with Crippen LogP contribution in [0.1, 0.15) is 17.9 Å². The highest BCUT2D eigenvalue weighted by Crippen LogP contribution is 2.31. The van der Waals surface area contributed by atoms with E-state index >= 15 is 0 Å². The van der Waals surface area contributed by atoms with Crippen LogP contribution in [0.15, 0.2) is 61.2 Å². The molecular weight excluding hydrogens is 362 g/mol. The van der Waals surface area contributed by atoms with Crippen LogP contribution < -0.4 is 4.74 Å². The summed E-state index contributed by atoms with van der Waals surface area (Å²) in [5.41, 5.74) is 1.02. The van der Waals surface area contributed by atoms with Gasteiger partial charge in [-0.25, -0.2) is 9.37 Å². The number of rotatable bonds is 7. The Bertz CT molecular complexity index is 807. The van der Waals surface area contributed by atoms with Gasteiger partial charge < -0.3 is 9.30 Å². The Kier molecular flexibility index (Phi) is 5.95. The monoisotopic (exact) mass is 378 g/mol. The lowest BCUT2D eigenvalue weighted by molar-refractivity contribution is 0.290. The SMILES string of the molecule is Fc1ccc(OCC[C@@H](Cn2ccnc2)c2ccc(Cl)cc2Cl)cc1. The number of aromatic nitrogens is 2. The van der Waals surface area contributed by atoms with E-state index in [1.807, 2.05) is 22.9 Å². The molecule has 1 aromatic heterocycles. The van der Waals surface area contributed by atoms with Crippen molar-refractivity contribution in [3.63, 3.8) is 0 Å². The molecule has 0 unspecified atom stereocenters. The van der Waals surface area contributed by atoms with Crippen molar-refractivity contribution in [3.05, 3.63) is 82.6 Å². The number of ether oxygens (including phenoxy) is 1. The zero-order chi connectivity index (χ0) is 17.6. The van der Waals surface area contributed by atoms with Crippen molar-refractivity contribution in [2.24, 2.45) is 0 Å². The molecule has 0 saturated carbocycles. The average Bonchev–Trinajstić information content (AvgIpc) is 3.09. The molecule has 1 heterocycles. The normalized spacial score (nSPS) is 12.1. The van der Waals surface area contributed by atoms with Gasteiger partial charge in [0.1, 0.15) is 11.6 Å². The summed E-state index contributed by atoms with van der Waals surface area (Å²) >= 11 is 12.4. The molecule has 3 aromatic rings. The molecule has 0 aliphatic heterocycles. The summed E-state index contributed by atoms with van der Waals surface area (Å²) < 4.78 is 20.7. The maximum atomic E-state index is 13.0. The van der Waals surface area contributed by atoms with E-state index in [-0.39, 0.29) is 11.7 Å². The summed E-state index contributed by atoms with van der Waals surface area (Å²) in [7, 11) is 0. The van der Waals surface area contributed by atoms with E-state index in [4.69, 9.17) is 27.9 Å². The van der Waals surface area contributed by atoms with E-state index in [9.17, 15) is 4.39 Å². The molecular formula is C19H17Cl2FN2O. The molecule has 0 saturated heterocycles. The number of imidazole rings is 1. The van der Waals surface area contributed by atoms with Crippen molar-refractivity contribution in [2.45, 2.75) is 18.9 Å². The number of halogens is 3. The molecule has 0 N–H and O–H groups in total. The van der Waals surface area contributed by atoms with Gasteiger partial charge in [0.15, 0.2) is 0 Å². The van der Waals surface area contributed by atoms with Gasteiger partial charge in [0.2, 0.25) is 0 Å². The van der Waals surface area contributed by atoms with Crippen LogP contribution in [0, 0.1) is 5.82 Å². The lowest BCUT2D eigenvalue weighted by atomic mass is 9.95. The van der Waals surface area contributed by atoms with Gasteiger partial charge >= 0.3 is 0 Å². The Morgan fingerprint density at radius 2 is 1.92 bits per heavy atom. The first-order valence-corrected chi connectivity index (χ1v) is 8.66. The van der Waals surface area contributed by atoms with Crippen LogP contribution in [-0.4, -0.2) is 16.2 Å². The average molecular weight is 379 g/mol. The lowest BCUT2D eigenvalue weighted by Gasteiger charge is -2.20. The predicted molar refractivity (Wildman–Crippen MR) is 97.9 cm³/mol. The minimum absolute atomic E-state index is 0.138. The van der Waals surface area contributed by atoms with E-state index in [0.717, 1.165) is 18.5 Å². The van der Waals surface area contributed by atoms with Crippen molar-refractivity contribution in [3.8, 4) is 5.75 Å². The molecule has 1 atom stereocenters. The van der Waals surface area contributed by atoms with Gasteiger partial charge in [-0.05, 0) is 48.4 Å². The molecule has 0 radical (unpaired) electrons. The molecule has 0 fully saturated rings. The van der Waals surface area contributed by atoms with E-state index in [1.165, 1.54) is 12.1 Å². The third-order valence-electron chi connectivity index (χ3n) is 3.94. The lowest BCUT2D eigenvalue weighted by Crippen LogP contribution is -2.12. The van der Waals surface area contributed by atoms with Gasteiger partial charge in [0.25, 0.3) is 0 Å². The maximum absolute atomic E-state index is 13.0. The van der Waals surface area contributed by atoms with Crippen LogP contribution in [0.25, 0.3) is 0 Å². The van der Waals surface area contributed by atoms with Gasteiger partial charge in [-0.15, -0.1) is 0 Å². The van der Waals surface area contributed by atoms with Crippen LogP contribution in [0.2, 0.25) is 10.0 Å². The highest BCUT2D eigenvalue weighted by atomic mass is 35.5. The largest absolute Gasteiger partial charge is 0.494 e. The minimum atomic E-state index is -0.279. The second-order valence-corrected chi connectivity index (χ2v) is 6.56. The van der Waals surface area contributed by atoms with Crippen LogP contribution >= 0.6 is 23.2 Å². The Hall–Kier alpha value is -2.04. The summed E-state index contributed by atoms with van der Waals surface area (Å²) in [6, 6.07) is 11.5. The molecule has 0 amide bonds. The van der Waals surface area contributed by atoms with Crippen molar-refractivity contribution >= 4 is 23.2 Å². The molecule has 3 nitrogen and oxygen atoms in total. The molecule has 3 rings (SSSR count). The molecule has 0 bridgehead atoms. The second kappa shape index (κ2) is 8.37. The third kappa shape index (κ3) is 4.97. The van der Waals surface area contributed by atoms with E-state index in [1.54, 1.807) is 30.7 Å². The van der Waals surface area contributed by atoms with Crippen molar-refractivity contribution in [2.75, 3.05) is 6.61 Å². The Balaban J connectivity index is 1.70. The summed E-state index contributed by atoms with van der Waals surface area (Å²) in [4.78, 5) is 4.08. The smallest absolute Gasteiger partial charge is 0.123 e. The summed E-state index contributed by atoms with van der Waals surface area (Å²) in [5, 5.41) is 1.25. The standard InChI is InChI=1S/C19H17Cl2FN2O/c20-15-1-6-18(19(21)11-15)14(12-24-9-8-23-13-24)7-10-25-17-4-2-16(22)3-5-17/h1-6,8-9,11,13-14H,7,10,12H2/t14-/m0/s1. The molecule has 6 heteroatoms. The zero-order valence-corrected chi connectivity index (χ0v) is 14.9. The topological polar surface area (TPSA) is 27.1 Å². The van der Waals surface area contributed by atoms with Gasteiger partial charge in [0.05, 0.1) is 12.9 Å². The van der Waals surface area contributed by atoms with Gasteiger partial charge in [-0.3, -0.25) is 0 Å². The van der Waals surface area contributed by atoms with Crippen molar-refractivity contribution in [1.29, 1.82) is 0 Å². The van der Waals surface area contributed by atoms with Crippen molar-refractivity contribution in [1.82, 2.24) is 9.55 Å². The van der Waals surface area contributed by atoms with E-state index < -0.39 is 0 Å². The first-order valence-electron chi connectivity index (χ1n) is 7.91. The van der Waals surface area contributed by atoms with Crippen LogP contribution in [0.3, 0.4) is 0 Å². The molecule has 0 aliphatic rings. The maximum Gasteiger partial charge on any atom is 0.123 e. The van der Waals surface area contributed by atoms with E-state index in [2.05, 4.69) is 4.98 Å². The first-order chi connectivity index (χ1) is 12.1. The summed E-state index contributed by atoms with van der Waals surface area (Å²) in [5.74, 6) is 0.502. The zero-order valence-electron chi connectivity index (χ0n) is 13.4. The Morgan fingerprint density at radius 1 is 1.12 bits per heavy atom. The van der Waals surface area contributed by atoms with Crippen LogP contribution in [-0.2, 0) is 6.54 Å². The van der Waals surface area contributed by atoms with Gasteiger partial charge in [0, 0.05) is 34.9 Å². The highest BCUT2D eigenvalue weighted by molar-refractivity contribution is 6.35. The number of hydrogen-bond donors (Lipinski definition) is 0. The van der Waals surface area contributed by atoms with Crippen LogP contribution in [0.5, 0.6) is 5.75 Å². The van der Waals surface area contributed by atoms with Gasteiger partial charge in [-0.1, -0.05) is 29.3 Å². The Morgan fingerprint density at radius 3 is 2.60 bits per heavy atom. The van der Waals surface area contributed by atoms with Crippen molar-refractivity contribution < 1.29 is 9.13 Å². The van der Waals surface area contributed by atoms with Crippen LogP contribution in [0.4, 0.5) is 4.39 Å². The molecule has 25 heavy (non-hydrogen) atoms. The summed E-state index contributed by atoms with van der Waals surface area (Å²) in [6.07, 6.45) is 6.18. The molecule has 130 valence electrons. The number of benzene rings is 2. The highest BCUT2D eigenvalue weighted by Gasteiger charge is 2.16. The third-order valence-corrected chi connectivity index (χ3v) is 4.50. The second-order valence-electron chi connectivity index (χ2n) is 5.71. The molecule has 2 aromatic carbocycles.